The minimum absolute atomic E-state index is 0.0885. The Morgan fingerprint density at radius 1 is 1.27 bits per heavy atom. The number of rotatable bonds is 5. The van der Waals surface area contributed by atoms with Crippen molar-refractivity contribution in [1.29, 1.82) is 0 Å². The topological polar surface area (TPSA) is 99.2 Å². The predicted octanol–water partition coefficient (Wildman–Crippen LogP) is 3.91. The predicted molar refractivity (Wildman–Crippen MR) is 106 cm³/mol. The summed E-state index contributed by atoms with van der Waals surface area (Å²) in [5, 5.41) is 7.51. The van der Waals surface area contributed by atoms with Gasteiger partial charge in [0.2, 0.25) is 5.76 Å². The monoisotopic (exact) mass is 428 g/mol. The van der Waals surface area contributed by atoms with Crippen LogP contribution in [0.4, 0.5) is 10.1 Å². The highest BCUT2D eigenvalue weighted by atomic mass is 35.5. The number of esters is 1. The Morgan fingerprint density at radius 2 is 2.10 bits per heavy atom. The van der Waals surface area contributed by atoms with E-state index in [1.165, 1.54) is 41.6 Å². The average molecular weight is 429 g/mol. The summed E-state index contributed by atoms with van der Waals surface area (Å²) >= 11 is 6.02. The molecule has 4 rings (SSSR count). The van der Waals surface area contributed by atoms with Crippen LogP contribution < -0.4 is 5.32 Å². The number of aryl methyl sites for hydroxylation is 1. The molecule has 1 amide bonds. The number of carbonyl (C=O) groups excluding carboxylic acids is 2. The van der Waals surface area contributed by atoms with Crippen molar-refractivity contribution in [2.75, 3.05) is 11.9 Å². The van der Waals surface area contributed by atoms with Crippen LogP contribution in [-0.4, -0.2) is 33.2 Å². The minimum atomic E-state index is -0.832. The number of nitrogens with one attached hydrogen (secondary N) is 1. The minimum Gasteiger partial charge on any atom is -0.450 e. The van der Waals surface area contributed by atoms with Crippen LogP contribution in [0.3, 0.4) is 0 Å². The third-order valence-corrected chi connectivity index (χ3v) is 4.55. The van der Waals surface area contributed by atoms with Crippen LogP contribution >= 0.6 is 11.6 Å². The first-order valence-corrected chi connectivity index (χ1v) is 9.10. The van der Waals surface area contributed by atoms with Crippen molar-refractivity contribution in [3.8, 4) is 5.69 Å². The molecule has 0 fully saturated rings. The molecular weight excluding hydrogens is 415 g/mol. The molecule has 0 unspecified atom stereocenters. The molecule has 4 aromatic rings. The molecule has 2 aromatic carbocycles. The molecule has 2 heterocycles. The molecule has 0 bridgehead atoms. The Balaban J connectivity index is 1.47. The summed E-state index contributed by atoms with van der Waals surface area (Å²) in [4.78, 5) is 28.5. The number of fused-ring (bicyclic) bond motifs is 1. The zero-order valence-electron chi connectivity index (χ0n) is 15.6. The van der Waals surface area contributed by atoms with E-state index < -0.39 is 24.3 Å². The van der Waals surface area contributed by atoms with Crippen molar-refractivity contribution in [1.82, 2.24) is 14.8 Å². The molecule has 30 heavy (non-hydrogen) atoms. The number of hydrogen-bond donors (Lipinski definition) is 1. The first-order chi connectivity index (χ1) is 14.4. The van der Waals surface area contributed by atoms with Crippen LogP contribution in [0.25, 0.3) is 16.7 Å². The van der Waals surface area contributed by atoms with Crippen molar-refractivity contribution in [3.63, 3.8) is 0 Å². The summed E-state index contributed by atoms with van der Waals surface area (Å²) in [5.41, 5.74) is 1.68. The lowest BCUT2D eigenvalue weighted by Gasteiger charge is -2.11. The van der Waals surface area contributed by atoms with Crippen molar-refractivity contribution in [2.24, 2.45) is 0 Å². The molecule has 2 aromatic heterocycles. The normalized spacial score (nSPS) is 10.9. The van der Waals surface area contributed by atoms with E-state index in [1.54, 1.807) is 19.1 Å². The lowest BCUT2D eigenvalue weighted by Crippen LogP contribution is -2.22. The Labute approximate surface area is 174 Å². The number of furan rings is 1. The Bertz CT molecular complexity index is 1250. The van der Waals surface area contributed by atoms with Gasteiger partial charge in [-0.2, -0.15) is 5.10 Å². The molecule has 0 aliphatic rings. The van der Waals surface area contributed by atoms with Crippen LogP contribution in [0.1, 0.15) is 16.1 Å². The van der Waals surface area contributed by atoms with Gasteiger partial charge in [-0.15, -0.1) is 0 Å². The Hall–Kier alpha value is -3.72. The molecule has 0 aliphatic heterocycles. The maximum absolute atomic E-state index is 13.4. The number of benzene rings is 2. The quantitative estimate of drug-likeness (QED) is 0.484. The van der Waals surface area contributed by atoms with Gasteiger partial charge in [0.05, 0.1) is 11.4 Å². The molecule has 0 saturated carbocycles. The van der Waals surface area contributed by atoms with Gasteiger partial charge in [0.15, 0.2) is 6.61 Å². The summed E-state index contributed by atoms with van der Waals surface area (Å²) in [6, 6.07) is 8.76. The van der Waals surface area contributed by atoms with Crippen molar-refractivity contribution < 1.29 is 23.1 Å². The Morgan fingerprint density at radius 3 is 2.87 bits per heavy atom. The second-order valence-corrected chi connectivity index (χ2v) is 6.76. The second-order valence-electron chi connectivity index (χ2n) is 6.32. The summed E-state index contributed by atoms with van der Waals surface area (Å²) in [6.45, 7) is 1.05. The van der Waals surface area contributed by atoms with Crippen molar-refractivity contribution >= 4 is 40.1 Å². The maximum Gasteiger partial charge on any atom is 0.375 e. The van der Waals surface area contributed by atoms with Gasteiger partial charge in [0.25, 0.3) is 5.91 Å². The van der Waals surface area contributed by atoms with E-state index in [9.17, 15) is 14.0 Å². The zero-order chi connectivity index (χ0) is 21.3. The van der Waals surface area contributed by atoms with Crippen LogP contribution in [0.15, 0.2) is 53.5 Å². The van der Waals surface area contributed by atoms with Crippen LogP contribution in [-0.2, 0) is 9.53 Å². The van der Waals surface area contributed by atoms with E-state index in [4.69, 9.17) is 20.8 Å². The van der Waals surface area contributed by atoms with Gasteiger partial charge in [-0.25, -0.2) is 18.9 Å². The van der Waals surface area contributed by atoms with Gasteiger partial charge in [-0.1, -0.05) is 11.6 Å². The summed E-state index contributed by atoms with van der Waals surface area (Å²) in [5.74, 6) is -1.96. The smallest absolute Gasteiger partial charge is 0.375 e. The molecular formula is C20H14ClFN4O4. The molecule has 0 radical (unpaired) electrons. The lowest BCUT2D eigenvalue weighted by molar-refractivity contribution is -0.119. The van der Waals surface area contributed by atoms with E-state index in [0.717, 1.165) is 0 Å². The molecule has 10 heteroatoms. The number of aromatic nitrogens is 3. The third kappa shape index (κ3) is 3.87. The first-order valence-electron chi connectivity index (χ1n) is 8.72. The molecule has 8 nitrogen and oxygen atoms in total. The van der Waals surface area contributed by atoms with Crippen LogP contribution in [0, 0.1) is 12.7 Å². The average Bonchev–Trinajstić information content (AvgIpc) is 3.35. The van der Waals surface area contributed by atoms with E-state index in [0.29, 0.717) is 32.9 Å². The van der Waals surface area contributed by atoms with Crippen LogP contribution in [0.5, 0.6) is 0 Å². The summed E-state index contributed by atoms with van der Waals surface area (Å²) in [6.07, 6.45) is 2.82. The standard InChI is InChI=1S/C20H14ClFN4O4/c1-11-14-7-13(22)3-5-17(14)30-19(11)20(28)29-8-18(27)25-15-6-12(21)2-4-16(15)26-10-23-9-24-26/h2-7,9-10H,8H2,1H3,(H,25,27). The molecule has 1 N–H and O–H groups in total. The van der Waals surface area contributed by atoms with E-state index in [-0.39, 0.29) is 5.76 Å². The number of ether oxygens (including phenoxy) is 1. The van der Waals surface area contributed by atoms with E-state index in [2.05, 4.69) is 15.4 Å². The number of carbonyl (C=O) groups is 2. The van der Waals surface area contributed by atoms with Crippen LogP contribution in [0.2, 0.25) is 5.02 Å². The molecule has 0 aliphatic carbocycles. The molecule has 152 valence electrons. The number of anilines is 1. The maximum atomic E-state index is 13.4. The summed E-state index contributed by atoms with van der Waals surface area (Å²) < 4.78 is 25.4. The van der Waals surface area contributed by atoms with Gasteiger partial charge in [0, 0.05) is 16.0 Å². The number of nitrogens with zero attached hydrogens (tertiary/aromatic N) is 3. The van der Waals surface area contributed by atoms with E-state index in [1.807, 2.05) is 0 Å². The van der Waals surface area contributed by atoms with Gasteiger partial charge >= 0.3 is 5.97 Å². The highest BCUT2D eigenvalue weighted by molar-refractivity contribution is 6.31. The number of halogens is 2. The highest BCUT2D eigenvalue weighted by Crippen LogP contribution is 2.27. The fourth-order valence-electron chi connectivity index (χ4n) is 2.91. The van der Waals surface area contributed by atoms with Crippen molar-refractivity contribution in [3.05, 3.63) is 71.2 Å². The highest BCUT2D eigenvalue weighted by Gasteiger charge is 2.21. The SMILES string of the molecule is Cc1c(C(=O)OCC(=O)Nc2cc(Cl)ccc2-n2cncn2)oc2ccc(F)cc12. The van der Waals surface area contributed by atoms with Gasteiger partial charge in [-0.3, -0.25) is 4.79 Å². The third-order valence-electron chi connectivity index (χ3n) is 4.32. The largest absolute Gasteiger partial charge is 0.450 e. The second kappa shape index (κ2) is 7.96. The van der Waals surface area contributed by atoms with Crippen molar-refractivity contribution in [2.45, 2.75) is 6.92 Å². The number of amides is 1. The van der Waals surface area contributed by atoms with Gasteiger partial charge in [-0.05, 0) is 43.3 Å². The first kappa shape index (κ1) is 19.6. The fraction of sp³-hybridized carbons (Fsp3) is 0.100. The van der Waals surface area contributed by atoms with Gasteiger partial charge in [0.1, 0.15) is 24.1 Å². The zero-order valence-corrected chi connectivity index (χ0v) is 16.3. The summed E-state index contributed by atoms with van der Waals surface area (Å²) in [7, 11) is 0. The Kier molecular flexibility index (Phi) is 5.20. The lowest BCUT2D eigenvalue weighted by atomic mass is 10.1. The molecule has 0 atom stereocenters. The molecule has 0 spiro atoms. The van der Waals surface area contributed by atoms with Gasteiger partial charge < -0.3 is 14.5 Å². The number of hydrogen-bond acceptors (Lipinski definition) is 6. The fourth-order valence-corrected chi connectivity index (χ4v) is 3.08. The molecule has 0 saturated heterocycles. The van der Waals surface area contributed by atoms with E-state index >= 15 is 0 Å².